The number of hydrogen-bond acceptors (Lipinski definition) is 4. The maximum Gasteiger partial charge on any atom is 0.276 e. The number of benzene rings is 1. The molecular formula is C11H11N3O2. The summed E-state index contributed by atoms with van der Waals surface area (Å²) in [4.78, 5) is 12.0. The van der Waals surface area contributed by atoms with E-state index >= 15 is 0 Å². The Labute approximate surface area is 93.4 Å². The summed E-state index contributed by atoms with van der Waals surface area (Å²) in [6.07, 6.45) is 3.31. The summed E-state index contributed by atoms with van der Waals surface area (Å²) in [5.41, 5.74) is 0.832. The summed E-state index contributed by atoms with van der Waals surface area (Å²) in [5.74, 6) is 0. The maximum atomic E-state index is 10.7. The predicted molar refractivity (Wildman–Crippen MR) is 60.5 cm³/mol. The Morgan fingerprint density at radius 2 is 2.19 bits per heavy atom. The van der Waals surface area contributed by atoms with Crippen LogP contribution in [0.3, 0.4) is 0 Å². The molecule has 0 radical (unpaired) electrons. The highest BCUT2D eigenvalue weighted by Crippen LogP contribution is 2.21. The highest BCUT2D eigenvalue weighted by molar-refractivity contribution is 5.62. The van der Waals surface area contributed by atoms with Gasteiger partial charge in [0.25, 0.3) is 5.69 Å². The lowest BCUT2D eigenvalue weighted by atomic mass is 10.1. The second kappa shape index (κ2) is 4.94. The molecule has 16 heavy (non-hydrogen) atoms. The lowest BCUT2D eigenvalue weighted by Gasteiger charge is -2.03. The van der Waals surface area contributed by atoms with Crippen LogP contribution >= 0.6 is 0 Å². The number of nitriles is 1. The van der Waals surface area contributed by atoms with E-state index in [0.29, 0.717) is 11.1 Å². The van der Waals surface area contributed by atoms with Crippen molar-refractivity contribution in [3.05, 3.63) is 45.6 Å². The molecule has 0 spiro atoms. The van der Waals surface area contributed by atoms with Gasteiger partial charge in [-0.05, 0) is 24.4 Å². The van der Waals surface area contributed by atoms with Gasteiger partial charge in [0, 0.05) is 20.2 Å². The van der Waals surface area contributed by atoms with Crippen LogP contribution in [0.2, 0.25) is 0 Å². The first-order chi connectivity index (χ1) is 7.54. The molecular weight excluding hydrogens is 206 g/mol. The van der Waals surface area contributed by atoms with Crippen molar-refractivity contribution in [2.75, 3.05) is 14.1 Å². The molecule has 0 saturated heterocycles. The Bertz CT molecular complexity index is 473. The maximum absolute atomic E-state index is 10.7. The van der Waals surface area contributed by atoms with Gasteiger partial charge in [-0.25, -0.2) is 0 Å². The summed E-state index contributed by atoms with van der Waals surface area (Å²) >= 11 is 0. The van der Waals surface area contributed by atoms with Crippen LogP contribution in [-0.2, 0) is 0 Å². The zero-order valence-electron chi connectivity index (χ0n) is 9.04. The fourth-order valence-electron chi connectivity index (χ4n) is 1.15. The average Bonchev–Trinajstić information content (AvgIpc) is 2.25. The van der Waals surface area contributed by atoms with Crippen molar-refractivity contribution < 1.29 is 4.92 Å². The van der Waals surface area contributed by atoms with Gasteiger partial charge in [0.2, 0.25) is 0 Å². The van der Waals surface area contributed by atoms with Gasteiger partial charge in [-0.2, -0.15) is 5.26 Å². The van der Waals surface area contributed by atoms with Crippen LogP contribution in [-0.4, -0.2) is 23.9 Å². The van der Waals surface area contributed by atoms with Crippen LogP contribution in [0.15, 0.2) is 24.4 Å². The second-order valence-corrected chi connectivity index (χ2v) is 3.42. The monoisotopic (exact) mass is 217 g/mol. The first kappa shape index (κ1) is 11.7. The molecule has 0 aliphatic rings. The van der Waals surface area contributed by atoms with Gasteiger partial charge in [0.1, 0.15) is 0 Å². The van der Waals surface area contributed by atoms with Crippen molar-refractivity contribution in [2.45, 2.75) is 0 Å². The zero-order chi connectivity index (χ0) is 12.1. The molecule has 1 aromatic rings. The number of nitro groups is 1. The standard InChI is InChI=1S/C11H11N3O2/c1-13(2)6-5-10-7-9(8-12)3-4-11(10)14(15)16/h3-7H,1-2H3/b6-5+. The molecule has 0 saturated carbocycles. The zero-order valence-corrected chi connectivity index (χ0v) is 9.04. The summed E-state index contributed by atoms with van der Waals surface area (Å²) in [6.45, 7) is 0. The van der Waals surface area contributed by atoms with Gasteiger partial charge >= 0.3 is 0 Å². The Morgan fingerprint density at radius 1 is 1.50 bits per heavy atom. The third kappa shape index (κ3) is 2.82. The fraction of sp³-hybridized carbons (Fsp3) is 0.182. The molecule has 1 aromatic carbocycles. The van der Waals surface area contributed by atoms with Crippen LogP contribution in [0, 0.1) is 21.4 Å². The van der Waals surface area contributed by atoms with Crippen molar-refractivity contribution in [2.24, 2.45) is 0 Å². The molecule has 0 fully saturated rings. The van der Waals surface area contributed by atoms with Crippen molar-refractivity contribution in [1.82, 2.24) is 4.90 Å². The minimum absolute atomic E-state index is 0.00269. The second-order valence-electron chi connectivity index (χ2n) is 3.42. The van der Waals surface area contributed by atoms with E-state index in [2.05, 4.69) is 0 Å². The van der Waals surface area contributed by atoms with E-state index < -0.39 is 4.92 Å². The highest BCUT2D eigenvalue weighted by atomic mass is 16.6. The van der Waals surface area contributed by atoms with Crippen molar-refractivity contribution in [3.8, 4) is 6.07 Å². The highest BCUT2D eigenvalue weighted by Gasteiger charge is 2.11. The topological polar surface area (TPSA) is 70.2 Å². The van der Waals surface area contributed by atoms with Gasteiger partial charge in [-0.1, -0.05) is 0 Å². The summed E-state index contributed by atoms with van der Waals surface area (Å²) < 4.78 is 0. The van der Waals surface area contributed by atoms with E-state index in [-0.39, 0.29) is 5.69 Å². The smallest absolute Gasteiger partial charge is 0.276 e. The Balaban J connectivity index is 3.22. The number of nitrogens with zero attached hydrogens (tertiary/aromatic N) is 3. The van der Waals surface area contributed by atoms with E-state index in [1.807, 2.05) is 20.2 Å². The number of nitro benzene ring substituents is 1. The van der Waals surface area contributed by atoms with E-state index in [1.165, 1.54) is 18.2 Å². The molecule has 0 N–H and O–H groups in total. The van der Waals surface area contributed by atoms with E-state index in [9.17, 15) is 10.1 Å². The van der Waals surface area contributed by atoms with E-state index in [0.717, 1.165) is 0 Å². The minimum Gasteiger partial charge on any atom is -0.383 e. The van der Waals surface area contributed by atoms with Gasteiger partial charge in [-0.15, -0.1) is 0 Å². The first-order valence-corrected chi connectivity index (χ1v) is 4.58. The van der Waals surface area contributed by atoms with Crippen molar-refractivity contribution in [1.29, 1.82) is 5.26 Å². The van der Waals surface area contributed by atoms with Crippen LogP contribution < -0.4 is 0 Å². The van der Waals surface area contributed by atoms with Crippen LogP contribution in [0.1, 0.15) is 11.1 Å². The Morgan fingerprint density at radius 3 is 2.69 bits per heavy atom. The fourth-order valence-corrected chi connectivity index (χ4v) is 1.15. The first-order valence-electron chi connectivity index (χ1n) is 4.58. The molecule has 0 aliphatic heterocycles. The molecule has 0 aliphatic carbocycles. The lowest BCUT2D eigenvalue weighted by molar-refractivity contribution is -0.385. The number of rotatable bonds is 3. The van der Waals surface area contributed by atoms with Gasteiger partial charge in [0.15, 0.2) is 0 Å². The van der Waals surface area contributed by atoms with E-state index in [1.54, 1.807) is 17.2 Å². The third-order valence-corrected chi connectivity index (χ3v) is 1.91. The molecule has 5 heteroatoms. The number of hydrogen-bond donors (Lipinski definition) is 0. The normalized spacial score (nSPS) is 10.1. The molecule has 0 atom stereocenters. The van der Waals surface area contributed by atoms with Crippen LogP contribution in [0.25, 0.3) is 6.08 Å². The Hall–Kier alpha value is -2.35. The molecule has 82 valence electrons. The van der Waals surface area contributed by atoms with E-state index in [4.69, 9.17) is 5.26 Å². The Kier molecular flexibility index (Phi) is 3.62. The summed E-state index contributed by atoms with van der Waals surface area (Å²) in [7, 11) is 3.63. The average molecular weight is 217 g/mol. The largest absolute Gasteiger partial charge is 0.383 e. The van der Waals surface area contributed by atoms with Crippen LogP contribution in [0.4, 0.5) is 5.69 Å². The quantitative estimate of drug-likeness (QED) is 0.573. The van der Waals surface area contributed by atoms with Crippen molar-refractivity contribution >= 4 is 11.8 Å². The molecule has 5 nitrogen and oxygen atoms in total. The molecule has 0 aromatic heterocycles. The molecule has 0 bridgehead atoms. The minimum atomic E-state index is -0.462. The lowest BCUT2D eigenvalue weighted by Crippen LogP contribution is -2.00. The van der Waals surface area contributed by atoms with Gasteiger partial charge < -0.3 is 4.90 Å². The van der Waals surface area contributed by atoms with Crippen molar-refractivity contribution in [3.63, 3.8) is 0 Å². The predicted octanol–water partition coefficient (Wildman–Crippen LogP) is 2.00. The summed E-state index contributed by atoms with van der Waals surface area (Å²) in [6, 6.07) is 6.23. The van der Waals surface area contributed by atoms with Gasteiger partial charge in [0.05, 0.1) is 22.1 Å². The van der Waals surface area contributed by atoms with Gasteiger partial charge in [-0.3, -0.25) is 10.1 Å². The SMILES string of the molecule is CN(C)/C=C/c1cc(C#N)ccc1[N+](=O)[O-]. The summed E-state index contributed by atoms with van der Waals surface area (Å²) in [5, 5.41) is 19.5. The van der Waals surface area contributed by atoms with Crippen LogP contribution in [0.5, 0.6) is 0 Å². The third-order valence-electron chi connectivity index (χ3n) is 1.91. The molecule has 0 unspecified atom stereocenters. The molecule has 0 heterocycles. The molecule has 1 rings (SSSR count). The molecule has 0 amide bonds.